The third-order valence-electron chi connectivity index (χ3n) is 3.11. The molecule has 104 valence electrons. The van der Waals surface area contributed by atoms with Crippen LogP contribution >= 0.6 is 11.6 Å². The van der Waals surface area contributed by atoms with Crippen LogP contribution in [0.2, 0.25) is 5.02 Å². The molecule has 1 aromatic carbocycles. The maximum atomic E-state index is 11.9. The normalized spacial score (nSPS) is 17.3. The number of nitrogens with one attached hydrogen (secondary N) is 1. The number of aliphatic hydroxyl groups is 1. The van der Waals surface area contributed by atoms with Gasteiger partial charge < -0.3 is 20.1 Å². The summed E-state index contributed by atoms with van der Waals surface area (Å²) in [4.78, 5) is 13.4. The summed E-state index contributed by atoms with van der Waals surface area (Å²) < 4.78 is 5.54. The highest BCUT2D eigenvalue weighted by Crippen LogP contribution is 2.37. The maximum Gasteiger partial charge on any atom is 0.317 e. The monoisotopic (exact) mass is 284 g/mol. The first kappa shape index (κ1) is 14.0. The minimum Gasteiger partial charge on any atom is -0.492 e. The molecular weight excluding hydrogens is 268 g/mol. The van der Waals surface area contributed by atoms with Gasteiger partial charge in [-0.3, -0.25) is 0 Å². The van der Waals surface area contributed by atoms with Crippen LogP contribution in [-0.2, 0) is 0 Å². The molecule has 1 aromatic rings. The highest BCUT2D eigenvalue weighted by Gasteiger charge is 2.25. The number of hydrogen-bond acceptors (Lipinski definition) is 3. The molecule has 2 amide bonds. The van der Waals surface area contributed by atoms with Crippen LogP contribution < -0.4 is 10.1 Å². The second kappa shape index (κ2) is 6.12. The van der Waals surface area contributed by atoms with Crippen LogP contribution in [0.15, 0.2) is 18.2 Å². The molecule has 0 saturated heterocycles. The molecule has 1 unspecified atom stereocenters. The van der Waals surface area contributed by atoms with E-state index >= 15 is 0 Å². The average molecular weight is 285 g/mol. The van der Waals surface area contributed by atoms with E-state index in [1.807, 2.05) is 12.1 Å². The molecular formula is C13H17ClN2O3. The van der Waals surface area contributed by atoms with Crippen LogP contribution in [0.25, 0.3) is 0 Å². The number of carbonyl (C=O) groups excluding carboxylic acids is 1. The predicted molar refractivity (Wildman–Crippen MR) is 72.6 cm³/mol. The van der Waals surface area contributed by atoms with Gasteiger partial charge in [0.15, 0.2) is 0 Å². The van der Waals surface area contributed by atoms with E-state index in [-0.39, 0.29) is 18.7 Å². The molecule has 0 spiro atoms. The van der Waals surface area contributed by atoms with E-state index in [0.717, 1.165) is 5.56 Å². The van der Waals surface area contributed by atoms with Crippen molar-refractivity contribution in [2.24, 2.45) is 0 Å². The highest BCUT2D eigenvalue weighted by molar-refractivity contribution is 6.32. The molecule has 1 atom stereocenters. The van der Waals surface area contributed by atoms with Gasteiger partial charge in [-0.15, -0.1) is 0 Å². The van der Waals surface area contributed by atoms with Crippen LogP contribution in [0, 0.1) is 0 Å². The van der Waals surface area contributed by atoms with Crippen molar-refractivity contribution < 1.29 is 14.6 Å². The Bertz CT molecular complexity index is 467. The molecule has 0 aromatic heterocycles. The van der Waals surface area contributed by atoms with E-state index in [4.69, 9.17) is 21.4 Å². The fourth-order valence-electron chi connectivity index (χ4n) is 2.05. The number of urea groups is 1. The maximum absolute atomic E-state index is 11.9. The summed E-state index contributed by atoms with van der Waals surface area (Å²) in [7, 11) is 1.64. The first-order valence-corrected chi connectivity index (χ1v) is 6.55. The van der Waals surface area contributed by atoms with Crippen molar-refractivity contribution in [1.29, 1.82) is 0 Å². The van der Waals surface area contributed by atoms with Gasteiger partial charge in [0.2, 0.25) is 0 Å². The SMILES string of the molecule is CN(CCO)C(=O)NC1CCOc2c(Cl)cccc21. The Morgan fingerprint density at radius 1 is 1.63 bits per heavy atom. The average Bonchev–Trinajstić information content (AvgIpc) is 2.40. The van der Waals surface area contributed by atoms with Crippen molar-refractivity contribution in [1.82, 2.24) is 10.2 Å². The van der Waals surface area contributed by atoms with E-state index in [9.17, 15) is 4.79 Å². The number of amides is 2. The Morgan fingerprint density at radius 3 is 3.16 bits per heavy atom. The Balaban J connectivity index is 2.12. The highest BCUT2D eigenvalue weighted by atomic mass is 35.5. The zero-order valence-electron chi connectivity index (χ0n) is 10.7. The number of hydrogen-bond donors (Lipinski definition) is 2. The van der Waals surface area contributed by atoms with Crippen LogP contribution in [0.3, 0.4) is 0 Å². The molecule has 6 heteroatoms. The fourth-order valence-corrected chi connectivity index (χ4v) is 2.28. The summed E-state index contributed by atoms with van der Waals surface area (Å²) in [6, 6.07) is 5.18. The Kier molecular flexibility index (Phi) is 4.50. The second-order valence-electron chi connectivity index (χ2n) is 4.44. The van der Waals surface area contributed by atoms with E-state index in [1.165, 1.54) is 4.90 Å². The number of carbonyl (C=O) groups is 1. The number of likely N-dealkylation sites (N-methyl/N-ethyl adjacent to an activating group) is 1. The number of rotatable bonds is 3. The van der Waals surface area contributed by atoms with Crippen LogP contribution in [0.4, 0.5) is 4.79 Å². The molecule has 2 rings (SSSR count). The Morgan fingerprint density at radius 2 is 2.42 bits per heavy atom. The lowest BCUT2D eigenvalue weighted by molar-refractivity contribution is 0.181. The van der Waals surface area contributed by atoms with Gasteiger partial charge in [-0.1, -0.05) is 23.7 Å². The topological polar surface area (TPSA) is 61.8 Å². The van der Waals surface area contributed by atoms with Gasteiger partial charge in [0.05, 0.1) is 24.3 Å². The lowest BCUT2D eigenvalue weighted by atomic mass is 10.0. The summed E-state index contributed by atoms with van der Waals surface area (Å²) in [6.45, 7) is 0.767. The summed E-state index contributed by atoms with van der Waals surface area (Å²) in [5.74, 6) is 0.644. The van der Waals surface area contributed by atoms with Crippen LogP contribution in [0.1, 0.15) is 18.0 Å². The summed E-state index contributed by atoms with van der Waals surface area (Å²) >= 11 is 6.08. The van der Waals surface area contributed by atoms with Gasteiger partial charge >= 0.3 is 6.03 Å². The smallest absolute Gasteiger partial charge is 0.317 e. The lowest BCUT2D eigenvalue weighted by Crippen LogP contribution is -2.41. The zero-order chi connectivity index (χ0) is 13.8. The summed E-state index contributed by atoms with van der Waals surface area (Å²) in [6.07, 6.45) is 0.700. The number of nitrogens with zero attached hydrogens (tertiary/aromatic N) is 1. The van der Waals surface area contributed by atoms with Crippen molar-refractivity contribution in [2.75, 3.05) is 26.8 Å². The molecule has 0 aliphatic carbocycles. The summed E-state index contributed by atoms with van der Waals surface area (Å²) in [5.41, 5.74) is 0.893. The Hall–Kier alpha value is -1.46. The first-order chi connectivity index (χ1) is 9.13. The van der Waals surface area contributed by atoms with Crippen LogP contribution in [-0.4, -0.2) is 42.8 Å². The quantitative estimate of drug-likeness (QED) is 0.890. The molecule has 5 nitrogen and oxygen atoms in total. The molecule has 0 saturated carbocycles. The van der Waals surface area contributed by atoms with Gasteiger partial charge in [-0.05, 0) is 6.07 Å². The molecule has 2 N–H and O–H groups in total. The first-order valence-electron chi connectivity index (χ1n) is 6.17. The van der Waals surface area contributed by atoms with E-state index in [2.05, 4.69) is 5.32 Å². The Labute approximate surface area is 117 Å². The van der Waals surface area contributed by atoms with E-state index in [1.54, 1.807) is 13.1 Å². The summed E-state index contributed by atoms with van der Waals surface area (Å²) in [5, 5.41) is 12.3. The molecule has 19 heavy (non-hydrogen) atoms. The lowest BCUT2D eigenvalue weighted by Gasteiger charge is -2.29. The molecule has 0 fully saturated rings. The molecule has 1 aliphatic rings. The third kappa shape index (κ3) is 3.11. The minimum atomic E-state index is -0.216. The van der Waals surface area contributed by atoms with Gasteiger partial charge in [0.1, 0.15) is 5.75 Å². The van der Waals surface area contributed by atoms with Crippen molar-refractivity contribution in [3.63, 3.8) is 0 Å². The minimum absolute atomic E-state index is 0.0554. The third-order valence-corrected chi connectivity index (χ3v) is 3.40. The van der Waals surface area contributed by atoms with Crippen molar-refractivity contribution in [2.45, 2.75) is 12.5 Å². The van der Waals surface area contributed by atoms with Crippen molar-refractivity contribution in [3.05, 3.63) is 28.8 Å². The molecule has 0 radical (unpaired) electrons. The van der Waals surface area contributed by atoms with Crippen LogP contribution in [0.5, 0.6) is 5.75 Å². The number of halogens is 1. The molecule has 0 bridgehead atoms. The largest absolute Gasteiger partial charge is 0.492 e. The zero-order valence-corrected chi connectivity index (χ0v) is 11.5. The number of aliphatic hydroxyl groups excluding tert-OH is 1. The van der Waals surface area contributed by atoms with Gasteiger partial charge in [-0.25, -0.2) is 4.79 Å². The van der Waals surface area contributed by atoms with E-state index in [0.29, 0.717) is 30.3 Å². The van der Waals surface area contributed by atoms with Crippen molar-refractivity contribution >= 4 is 17.6 Å². The standard InChI is InChI=1S/C13H17ClN2O3/c1-16(6-7-17)13(18)15-11-5-8-19-12-9(11)3-2-4-10(12)14/h2-4,11,17H,5-8H2,1H3,(H,15,18). The number of fused-ring (bicyclic) bond motifs is 1. The number of para-hydroxylation sites is 1. The predicted octanol–water partition coefficient (Wildman–Crippen LogP) is 1.80. The van der Waals surface area contributed by atoms with E-state index < -0.39 is 0 Å². The second-order valence-corrected chi connectivity index (χ2v) is 4.85. The van der Waals surface area contributed by atoms with Crippen molar-refractivity contribution in [3.8, 4) is 5.75 Å². The molecule has 1 aliphatic heterocycles. The van der Waals surface area contributed by atoms with Gasteiger partial charge in [-0.2, -0.15) is 0 Å². The van der Waals surface area contributed by atoms with Gasteiger partial charge in [0, 0.05) is 25.6 Å². The van der Waals surface area contributed by atoms with Gasteiger partial charge in [0.25, 0.3) is 0 Å². The number of benzene rings is 1. The number of ether oxygens (including phenoxy) is 1. The molecule has 1 heterocycles. The fraction of sp³-hybridized carbons (Fsp3) is 0.462.